The standard InChI is InChI=1S/C24H17N3O3/c28-24-21-10-3-4-11-22(21)25-23(18-8-5-9-20(15-18)27(29)30)26(24)19-13-12-16-6-1-2-7-17(16)14-19/h1-15,23,25H. The normalized spacial score (nSPS) is 15.5. The van der Waals surface area contributed by atoms with Crippen LogP contribution in [0.25, 0.3) is 10.8 Å². The highest BCUT2D eigenvalue weighted by Gasteiger charge is 2.34. The highest BCUT2D eigenvalue weighted by Crippen LogP contribution is 2.38. The lowest BCUT2D eigenvalue weighted by atomic mass is 10.0. The number of anilines is 2. The van der Waals surface area contributed by atoms with Gasteiger partial charge < -0.3 is 5.32 Å². The lowest BCUT2D eigenvalue weighted by Gasteiger charge is -2.38. The molecule has 0 aromatic heterocycles. The Morgan fingerprint density at radius 3 is 2.43 bits per heavy atom. The van der Waals surface area contributed by atoms with Gasteiger partial charge in [0.15, 0.2) is 0 Å². The minimum Gasteiger partial charge on any atom is -0.360 e. The smallest absolute Gasteiger partial charge is 0.269 e. The Hall–Kier alpha value is -4.19. The molecule has 1 unspecified atom stereocenters. The number of nitrogens with zero attached hydrogens (tertiary/aromatic N) is 2. The molecule has 1 amide bonds. The Bertz CT molecular complexity index is 1300. The summed E-state index contributed by atoms with van der Waals surface area (Å²) in [7, 11) is 0. The fraction of sp³-hybridized carbons (Fsp3) is 0.0417. The maximum absolute atomic E-state index is 13.5. The van der Waals surface area contributed by atoms with Gasteiger partial charge in [0.2, 0.25) is 0 Å². The third-order valence-electron chi connectivity index (χ3n) is 5.33. The fourth-order valence-electron chi connectivity index (χ4n) is 3.89. The number of non-ortho nitro benzene ring substituents is 1. The van der Waals surface area contributed by atoms with Crippen molar-refractivity contribution >= 4 is 33.7 Å². The number of carbonyl (C=O) groups is 1. The van der Waals surface area contributed by atoms with Crippen LogP contribution in [0.1, 0.15) is 22.1 Å². The van der Waals surface area contributed by atoms with Gasteiger partial charge in [-0.15, -0.1) is 0 Å². The van der Waals surface area contributed by atoms with E-state index in [1.54, 1.807) is 23.1 Å². The summed E-state index contributed by atoms with van der Waals surface area (Å²) in [6.07, 6.45) is -0.575. The maximum Gasteiger partial charge on any atom is 0.269 e. The number of nitrogens with one attached hydrogen (secondary N) is 1. The summed E-state index contributed by atoms with van der Waals surface area (Å²) in [5.74, 6) is -0.156. The molecule has 0 radical (unpaired) electrons. The molecule has 1 atom stereocenters. The lowest BCUT2D eigenvalue weighted by Crippen LogP contribution is -2.43. The largest absolute Gasteiger partial charge is 0.360 e. The zero-order valence-corrected chi connectivity index (χ0v) is 15.9. The van der Waals surface area contributed by atoms with Crippen LogP contribution in [-0.2, 0) is 0 Å². The lowest BCUT2D eigenvalue weighted by molar-refractivity contribution is -0.384. The zero-order valence-electron chi connectivity index (χ0n) is 15.9. The fourth-order valence-corrected chi connectivity index (χ4v) is 3.89. The highest BCUT2D eigenvalue weighted by atomic mass is 16.6. The first-order chi connectivity index (χ1) is 14.6. The third-order valence-corrected chi connectivity index (χ3v) is 5.33. The van der Waals surface area contributed by atoms with Crippen molar-refractivity contribution < 1.29 is 9.72 Å². The van der Waals surface area contributed by atoms with Gasteiger partial charge in [0, 0.05) is 29.1 Å². The summed E-state index contributed by atoms with van der Waals surface area (Å²) < 4.78 is 0. The maximum atomic E-state index is 13.5. The molecule has 0 saturated heterocycles. The van der Waals surface area contributed by atoms with Crippen LogP contribution in [0.15, 0.2) is 91.0 Å². The van der Waals surface area contributed by atoms with Crippen molar-refractivity contribution in [3.05, 3.63) is 112 Å². The van der Waals surface area contributed by atoms with Crippen molar-refractivity contribution in [1.82, 2.24) is 0 Å². The first-order valence-corrected chi connectivity index (χ1v) is 9.54. The van der Waals surface area contributed by atoms with Crippen LogP contribution in [0.2, 0.25) is 0 Å². The molecule has 1 aliphatic rings. The van der Waals surface area contributed by atoms with Crippen LogP contribution in [0.3, 0.4) is 0 Å². The van der Waals surface area contributed by atoms with Gasteiger partial charge in [-0.05, 0) is 35.0 Å². The summed E-state index contributed by atoms with van der Waals surface area (Å²) in [5, 5.41) is 16.8. The number of nitro benzene ring substituents is 1. The van der Waals surface area contributed by atoms with Crippen LogP contribution >= 0.6 is 0 Å². The molecule has 5 rings (SSSR count). The van der Waals surface area contributed by atoms with Gasteiger partial charge in [0.05, 0.1) is 10.5 Å². The number of para-hydroxylation sites is 1. The van der Waals surface area contributed by atoms with Crippen LogP contribution < -0.4 is 10.2 Å². The number of benzene rings is 4. The molecular weight excluding hydrogens is 378 g/mol. The van der Waals surface area contributed by atoms with Gasteiger partial charge in [-0.1, -0.05) is 54.6 Å². The SMILES string of the molecule is O=C1c2ccccc2NC(c2cccc([N+](=O)[O-])c2)N1c1ccc2ccccc2c1. The molecule has 1 heterocycles. The van der Waals surface area contributed by atoms with Crippen molar-refractivity contribution in [1.29, 1.82) is 0 Å². The minimum absolute atomic E-state index is 0.0148. The van der Waals surface area contributed by atoms with Crippen LogP contribution in [0, 0.1) is 10.1 Å². The van der Waals surface area contributed by atoms with Crippen molar-refractivity contribution in [2.24, 2.45) is 0 Å². The third kappa shape index (κ3) is 2.95. The molecule has 1 N–H and O–H groups in total. The molecule has 6 heteroatoms. The number of nitro groups is 1. The van der Waals surface area contributed by atoms with Gasteiger partial charge in [-0.25, -0.2) is 0 Å². The second kappa shape index (κ2) is 7.00. The van der Waals surface area contributed by atoms with E-state index in [1.165, 1.54) is 12.1 Å². The molecule has 4 aromatic carbocycles. The summed E-state index contributed by atoms with van der Waals surface area (Å²) in [4.78, 5) is 26.0. The molecule has 0 spiro atoms. The predicted molar refractivity (Wildman–Crippen MR) is 117 cm³/mol. The minimum atomic E-state index is -0.575. The Balaban J connectivity index is 1.68. The molecule has 0 aliphatic carbocycles. The van der Waals surface area contributed by atoms with E-state index in [1.807, 2.05) is 60.7 Å². The molecule has 146 valence electrons. The Morgan fingerprint density at radius 1 is 0.833 bits per heavy atom. The molecule has 0 bridgehead atoms. The number of amides is 1. The predicted octanol–water partition coefficient (Wildman–Crippen LogP) is 5.52. The summed E-state index contributed by atoms with van der Waals surface area (Å²) in [6, 6.07) is 27.5. The molecule has 6 nitrogen and oxygen atoms in total. The Morgan fingerprint density at radius 2 is 1.60 bits per heavy atom. The molecule has 1 aliphatic heterocycles. The number of hydrogen-bond donors (Lipinski definition) is 1. The van der Waals surface area contributed by atoms with E-state index in [0.717, 1.165) is 16.5 Å². The highest BCUT2D eigenvalue weighted by molar-refractivity contribution is 6.12. The van der Waals surface area contributed by atoms with E-state index >= 15 is 0 Å². The Labute approximate surface area is 172 Å². The topological polar surface area (TPSA) is 75.5 Å². The molecule has 4 aromatic rings. The summed E-state index contributed by atoms with van der Waals surface area (Å²) in [6.45, 7) is 0. The van der Waals surface area contributed by atoms with Crippen molar-refractivity contribution in [3.63, 3.8) is 0 Å². The van der Waals surface area contributed by atoms with E-state index in [0.29, 0.717) is 16.8 Å². The van der Waals surface area contributed by atoms with Gasteiger partial charge in [-0.2, -0.15) is 0 Å². The second-order valence-corrected chi connectivity index (χ2v) is 7.15. The van der Waals surface area contributed by atoms with E-state index < -0.39 is 11.1 Å². The van der Waals surface area contributed by atoms with E-state index in [-0.39, 0.29) is 11.6 Å². The molecule has 0 saturated carbocycles. The van der Waals surface area contributed by atoms with Gasteiger partial charge in [0.25, 0.3) is 11.6 Å². The number of rotatable bonds is 3. The summed E-state index contributed by atoms with van der Waals surface area (Å²) >= 11 is 0. The van der Waals surface area contributed by atoms with Gasteiger partial charge in [-0.3, -0.25) is 19.8 Å². The molecule has 30 heavy (non-hydrogen) atoms. The van der Waals surface area contributed by atoms with Crippen molar-refractivity contribution in [2.75, 3.05) is 10.2 Å². The van der Waals surface area contributed by atoms with Gasteiger partial charge >= 0.3 is 0 Å². The second-order valence-electron chi connectivity index (χ2n) is 7.15. The average Bonchev–Trinajstić information content (AvgIpc) is 2.79. The molecular formula is C24H17N3O3. The first kappa shape index (κ1) is 17.9. The zero-order chi connectivity index (χ0) is 20.7. The van der Waals surface area contributed by atoms with Crippen molar-refractivity contribution in [2.45, 2.75) is 6.17 Å². The van der Waals surface area contributed by atoms with Gasteiger partial charge in [0.1, 0.15) is 6.17 Å². The first-order valence-electron chi connectivity index (χ1n) is 9.54. The monoisotopic (exact) mass is 395 g/mol. The van der Waals surface area contributed by atoms with Crippen molar-refractivity contribution in [3.8, 4) is 0 Å². The van der Waals surface area contributed by atoms with E-state index in [4.69, 9.17) is 0 Å². The number of hydrogen-bond acceptors (Lipinski definition) is 4. The Kier molecular flexibility index (Phi) is 4.17. The molecule has 0 fully saturated rings. The number of carbonyl (C=O) groups excluding carboxylic acids is 1. The van der Waals surface area contributed by atoms with Crippen LogP contribution in [0.5, 0.6) is 0 Å². The number of fused-ring (bicyclic) bond motifs is 2. The van der Waals surface area contributed by atoms with Crippen LogP contribution in [-0.4, -0.2) is 10.8 Å². The summed E-state index contributed by atoms with van der Waals surface area (Å²) in [5.41, 5.74) is 2.61. The van der Waals surface area contributed by atoms with Crippen LogP contribution in [0.4, 0.5) is 17.1 Å². The average molecular weight is 395 g/mol. The van der Waals surface area contributed by atoms with E-state index in [2.05, 4.69) is 5.32 Å². The van der Waals surface area contributed by atoms with E-state index in [9.17, 15) is 14.9 Å². The quantitative estimate of drug-likeness (QED) is 0.366.